The summed E-state index contributed by atoms with van der Waals surface area (Å²) in [5.74, 6) is 0.375. The Labute approximate surface area is 95.4 Å². The average Bonchev–Trinajstić information content (AvgIpc) is 2.74. The highest BCUT2D eigenvalue weighted by Gasteiger charge is 2.12. The van der Waals surface area contributed by atoms with Gasteiger partial charge in [-0.1, -0.05) is 0 Å². The summed E-state index contributed by atoms with van der Waals surface area (Å²) in [5, 5.41) is 2.87. The first-order valence-electron chi connectivity index (χ1n) is 5.06. The van der Waals surface area contributed by atoms with E-state index in [0.717, 1.165) is 0 Å². The molecule has 2 rings (SSSR count). The standard InChI is InChI=1S/C9H11F2N5O/c1-2-12-9-15-7-6(13-4-14-7)8(16-9)17-3-5(10)11/h4-5H,2-3H2,1H3,(H2,12,13,14,15,16). The molecule has 0 radical (unpaired) electrons. The SMILES string of the molecule is CCNc1nc(OCC(F)F)c2[nH]cnc2n1. The summed E-state index contributed by atoms with van der Waals surface area (Å²) in [7, 11) is 0. The predicted molar refractivity (Wildman–Crippen MR) is 57.3 cm³/mol. The van der Waals surface area contributed by atoms with Crippen LogP contribution in [0.1, 0.15) is 6.92 Å². The minimum Gasteiger partial charge on any atom is -0.470 e. The molecule has 0 atom stereocenters. The smallest absolute Gasteiger partial charge is 0.272 e. The van der Waals surface area contributed by atoms with Crippen LogP contribution in [0.3, 0.4) is 0 Å². The van der Waals surface area contributed by atoms with Crippen molar-refractivity contribution in [2.75, 3.05) is 18.5 Å². The van der Waals surface area contributed by atoms with Crippen molar-refractivity contribution in [3.8, 4) is 5.88 Å². The molecule has 0 aromatic carbocycles. The van der Waals surface area contributed by atoms with Crippen LogP contribution in [-0.2, 0) is 0 Å². The number of nitrogens with zero attached hydrogens (tertiary/aromatic N) is 3. The normalized spacial score (nSPS) is 11.1. The third-order valence-electron chi connectivity index (χ3n) is 1.93. The van der Waals surface area contributed by atoms with Gasteiger partial charge in [-0.15, -0.1) is 0 Å². The fourth-order valence-corrected chi connectivity index (χ4v) is 1.29. The van der Waals surface area contributed by atoms with Crippen LogP contribution in [0.25, 0.3) is 11.2 Å². The molecular weight excluding hydrogens is 232 g/mol. The summed E-state index contributed by atoms with van der Waals surface area (Å²) in [5.41, 5.74) is 0.785. The number of nitrogens with one attached hydrogen (secondary N) is 2. The Balaban J connectivity index is 2.32. The Kier molecular flexibility index (Phi) is 3.31. The third kappa shape index (κ3) is 2.58. The molecule has 0 unspecified atom stereocenters. The quantitative estimate of drug-likeness (QED) is 0.830. The van der Waals surface area contributed by atoms with Gasteiger partial charge in [0.1, 0.15) is 5.52 Å². The van der Waals surface area contributed by atoms with E-state index in [9.17, 15) is 8.78 Å². The first-order chi connectivity index (χ1) is 8.20. The van der Waals surface area contributed by atoms with Gasteiger partial charge in [0.05, 0.1) is 6.33 Å². The predicted octanol–water partition coefficient (Wildman–Crippen LogP) is 1.43. The van der Waals surface area contributed by atoms with E-state index < -0.39 is 13.0 Å². The maximum absolute atomic E-state index is 12.1. The molecule has 0 saturated heterocycles. The number of anilines is 1. The monoisotopic (exact) mass is 243 g/mol. The lowest BCUT2D eigenvalue weighted by molar-refractivity contribution is 0.0804. The molecule has 0 bridgehead atoms. The van der Waals surface area contributed by atoms with Crippen molar-refractivity contribution in [3.05, 3.63) is 6.33 Å². The minimum atomic E-state index is -2.55. The summed E-state index contributed by atoms with van der Waals surface area (Å²) in [6, 6.07) is 0. The number of H-pyrrole nitrogens is 1. The highest BCUT2D eigenvalue weighted by Crippen LogP contribution is 2.21. The van der Waals surface area contributed by atoms with Gasteiger partial charge in [0.25, 0.3) is 6.43 Å². The molecular formula is C9H11F2N5O. The van der Waals surface area contributed by atoms with Crippen LogP contribution in [0.4, 0.5) is 14.7 Å². The number of hydrogen-bond acceptors (Lipinski definition) is 5. The van der Waals surface area contributed by atoms with Crippen LogP contribution in [0, 0.1) is 0 Å². The van der Waals surface area contributed by atoms with Crippen molar-refractivity contribution < 1.29 is 13.5 Å². The number of aromatic nitrogens is 4. The maximum atomic E-state index is 12.1. The van der Waals surface area contributed by atoms with Gasteiger partial charge in [0, 0.05) is 6.54 Å². The van der Waals surface area contributed by atoms with Crippen LogP contribution in [0.5, 0.6) is 5.88 Å². The molecule has 0 aliphatic heterocycles. The van der Waals surface area contributed by atoms with Gasteiger partial charge in [-0.05, 0) is 6.92 Å². The minimum absolute atomic E-state index is 0.0729. The number of aromatic amines is 1. The molecule has 8 heteroatoms. The van der Waals surface area contributed by atoms with E-state index in [4.69, 9.17) is 4.74 Å². The lowest BCUT2D eigenvalue weighted by Gasteiger charge is -2.07. The summed E-state index contributed by atoms with van der Waals surface area (Å²) >= 11 is 0. The zero-order valence-electron chi connectivity index (χ0n) is 9.07. The molecule has 0 aliphatic carbocycles. The van der Waals surface area contributed by atoms with E-state index in [-0.39, 0.29) is 5.88 Å². The molecule has 2 heterocycles. The molecule has 17 heavy (non-hydrogen) atoms. The van der Waals surface area contributed by atoms with Gasteiger partial charge in [-0.25, -0.2) is 13.8 Å². The lowest BCUT2D eigenvalue weighted by atomic mass is 10.5. The van der Waals surface area contributed by atoms with Crippen molar-refractivity contribution in [2.45, 2.75) is 13.3 Å². The van der Waals surface area contributed by atoms with Crippen molar-refractivity contribution in [1.82, 2.24) is 19.9 Å². The van der Waals surface area contributed by atoms with Gasteiger partial charge < -0.3 is 15.0 Å². The fraction of sp³-hybridized carbons (Fsp3) is 0.444. The zero-order valence-corrected chi connectivity index (χ0v) is 9.07. The van der Waals surface area contributed by atoms with Crippen LogP contribution >= 0.6 is 0 Å². The van der Waals surface area contributed by atoms with E-state index in [1.807, 2.05) is 6.92 Å². The van der Waals surface area contributed by atoms with E-state index in [1.165, 1.54) is 6.33 Å². The molecule has 92 valence electrons. The molecule has 0 saturated carbocycles. The van der Waals surface area contributed by atoms with Gasteiger partial charge in [0.2, 0.25) is 11.8 Å². The van der Waals surface area contributed by atoms with Crippen molar-refractivity contribution >= 4 is 17.1 Å². The average molecular weight is 243 g/mol. The Hall–Kier alpha value is -1.99. The second-order valence-electron chi connectivity index (χ2n) is 3.19. The Morgan fingerprint density at radius 2 is 2.29 bits per heavy atom. The molecule has 0 fully saturated rings. The second-order valence-corrected chi connectivity index (χ2v) is 3.19. The van der Waals surface area contributed by atoms with Gasteiger partial charge >= 0.3 is 0 Å². The van der Waals surface area contributed by atoms with E-state index >= 15 is 0 Å². The Morgan fingerprint density at radius 1 is 1.47 bits per heavy atom. The van der Waals surface area contributed by atoms with E-state index in [2.05, 4.69) is 25.3 Å². The van der Waals surface area contributed by atoms with Gasteiger partial charge in [-0.3, -0.25) is 0 Å². The van der Waals surface area contributed by atoms with Crippen LogP contribution in [0.2, 0.25) is 0 Å². The summed E-state index contributed by atoms with van der Waals surface area (Å²) in [6.07, 6.45) is -1.14. The maximum Gasteiger partial charge on any atom is 0.272 e. The topological polar surface area (TPSA) is 75.7 Å². The summed E-state index contributed by atoms with van der Waals surface area (Å²) < 4.78 is 29.1. The Bertz CT molecular complexity index is 501. The number of rotatable bonds is 5. The number of halogens is 2. The number of hydrogen-bond donors (Lipinski definition) is 2. The van der Waals surface area contributed by atoms with Crippen molar-refractivity contribution in [1.29, 1.82) is 0 Å². The number of fused-ring (bicyclic) bond motifs is 1. The first-order valence-corrected chi connectivity index (χ1v) is 5.06. The van der Waals surface area contributed by atoms with Gasteiger partial charge in [-0.2, -0.15) is 9.97 Å². The van der Waals surface area contributed by atoms with Crippen LogP contribution < -0.4 is 10.1 Å². The largest absolute Gasteiger partial charge is 0.470 e. The van der Waals surface area contributed by atoms with E-state index in [1.54, 1.807) is 0 Å². The number of imidazole rings is 1. The zero-order chi connectivity index (χ0) is 12.3. The van der Waals surface area contributed by atoms with Gasteiger partial charge in [0.15, 0.2) is 12.3 Å². The lowest BCUT2D eigenvalue weighted by Crippen LogP contribution is -2.10. The molecule has 0 aliphatic rings. The molecule has 0 spiro atoms. The van der Waals surface area contributed by atoms with Crippen LogP contribution in [0.15, 0.2) is 6.33 Å². The summed E-state index contributed by atoms with van der Waals surface area (Å²) in [6.45, 7) is 1.78. The first kappa shape index (κ1) is 11.5. The molecule has 2 aromatic rings. The second kappa shape index (κ2) is 4.89. The van der Waals surface area contributed by atoms with Crippen molar-refractivity contribution in [2.24, 2.45) is 0 Å². The third-order valence-corrected chi connectivity index (χ3v) is 1.93. The van der Waals surface area contributed by atoms with Crippen molar-refractivity contribution in [3.63, 3.8) is 0 Å². The number of alkyl halides is 2. The highest BCUT2D eigenvalue weighted by atomic mass is 19.3. The molecule has 6 nitrogen and oxygen atoms in total. The molecule has 0 amide bonds. The number of ether oxygens (including phenoxy) is 1. The molecule has 2 N–H and O–H groups in total. The van der Waals surface area contributed by atoms with E-state index in [0.29, 0.717) is 23.7 Å². The van der Waals surface area contributed by atoms with Crippen LogP contribution in [-0.4, -0.2) is 39.5 Å². The Morgan fingerprint density at radius 3 is 3.00 bits per heavy atom. The summed E-state index contributed by atoms with van der Waals surface area (Å²) in [4.78, 5) is 14.7. The molecule has 2 aromatic heterocycles. The fourth-order valence-electron chi connectivity index (χ4n) is 1.29. The highest BCUT2D eigenvalue weighted by molar-refractivity contribution is 5.76.